The number of aromatic amines is 1. The summed E-state index contributed by atoms with van der Waals surface area (Å²) in [5.74, 6) is 0.830. The van der Waals surface area contributed by atoms with Crippen LogP contribution in [0.25, 0.3) is 22.2 Å². The molecule has 1 aliphatic heterocycles. The maximum absolute atomic E-state index is 13.5. The van der Waals surface area contributed by atoms with Crippen LogP contribution in [-0.4, -0.2) is 43.2 Å². The Morgan fingerprint density at radius 1 is 1.27 bits per heavy atom. The number of H-pyrrole nitrogens is 1. The van der Waals surface area contributed by atoms with Crippen molar-refractivity contribution in [1.29, 1.82) is 0 Å². The van der Waals surface area contributed by atoms with Crippen LogP contribution in [0.4, 0.5) is 13.2 Å². The minimum Gasteiger partial charge on any atom is -0.379 e. The average molecular weight is 457 g/mol. The molecular weight excluding hydrogens is 435 g/mol. The summed E-state index contributed by atoms with van der Waals surface area (Å²) in [5, 5.41) is 15.7. The van der Waals surface area contributed by atoms with Gasteiger partial charge in [-0.2, -0.15) is 18.3 Å². The first-order valence-corrected chi connectivity index (χ1v) is 10.4. The smallest absolute Gasteiger partial charge is 0.379 e. The molecule has 1 aromatic carbocycles. The van der Waals surface area contributed by atoms with Crippen LogP contribution in [0.1, 0.15) is 35.7 Å². The van der Waals surface area contributed by atoms with Crippen LogP contribution in [0, 0.1) is 0 Å². The van der Waals surface area contributed by atoms with Gasteiger partial charge in [0.25, 0.3) is 0 Å². The van der Waals surface area contributed by atoms with Crippen LogP contribution in [0.3, 0.4) is 0 Å². The number of benzene rings is 1. The molecule has 5 rings (SSSR count). The van der Waals surface area contributed by atoms with E-state index in [1.807, 2.05) is 35.9 Å². The molecule has 0 saturated carbocycles. The lowest BCUT2D eigenvalue weighted by Gasteiger charge is -2.41. The zero-order valence-corrected chi connectivity index (χ0v) is 18.0. The lowest BCUT2D eigenvalue weighted by Crippen LogP contribution is -2.49. The quantitative estimate of drug-likeness (QED) is 0.476. The molecule has 0 bridgehead atoms. The highest BCUT2D eigenvalue weighted by Crippen LogP contribution is 2.39. The van der Waals surface area contributed by atoms with E-state index in [0.717, 1.165) is 17.5 Å². The van der Waals surface area contributed by atoms with Gasteiger partial charge in [-0.15, -0.1) is 10.2 Å². The number of nitrogens with zero attached hydrogens (tertiary/aromatic N) is 5. The van der Waals surface area contributed by atoms with Gasteiger partial charge in [-0.25, -0.2) is 4.98 Å². The third-order valence-corrected chi connectivity index (χ3v) is 6.11. The molecule has 3 aromatic heterocycles. The van der Waals surface area contributed by atoms with Gasteiger partial charge in [0.2, 0.25) is 0 Å². The molecule has 4 heterocycles. The molecular formula is C22H22F3N7O. The third kappa shape index (κ3) is 3.66. The Morgan fingerprint density at radius 3 is 2.67 bits per heavy atom. The van der Waals surface area contributed by atoms with Gasteiger partial charge in [0.15, 0.2) is 0 Å². The van der Waals surface area contributed by atoms with Gasteiger partial charge in [-0.1, -0.05) is 18.2 Å². The van der Waals surface area contributed by atoms with E-state index in [2.05, 4.69) is 25.4 Å². The van der Waals surface area contributed by atoms with Gasteiger partial charge < -0.3 is 15.0 Å². The topological polar surface area (TPSA) is 108 Å². The monoisotopic (exact) mass is 457 g/mol. The molecule has 4 aromatic rings. The highest BCUT2D eigenvalue weighted by atomic mass is 19.4. The molecule has 33 heavy (non-hydrogen) atoms. The Kier molecular flexibility index (Phi) is 4.98. The van der Waals surface area contributed by atoms with Crippen molar-refractivity contribution in [3.8, 4) is 11.3 Å². The number of pyridine rings is 1. The molecule has 0 radical (unpaired) electrons. The minimum atomic E-state index is -4.60. The molecule has 0 aliphatic carbocycles. The standard InChI is InChI=1S/C22H22F3N7O/c1-12(26)18-20-15(7-16(28-18)22(23,24)25)19(30-31-20)13-4-3-5-14(6-13)21(9-33-10-21)8-17-29-27-11-32(17)2/h3-7,11-12H,8-10,26H2,1-2H3,(H,30,31)/t12-/m1/s1. The zero-order valence-electron chi connectivity index (χ0n) is 18.0. The normalized spacial score (nSPS) is 16.7. The summed E-state index contributed by atoms with van der Waals surface area (Å²) in [5.41, 5.74) is 7.27. The lowest BCUT2D eigenvalue weighted by molar-refractivity contribution is -0.141. The van der Waals surface area contributed by atoms with Crippen molar-refractivity contribution in [3.63, 3.8) is 0 Å². The number of ether oxygens (including phenoxy) is 1. The molecule has 1 saturated heterocycles. The summed E-state index contributed by atoms with van der Waals surface area (Å²) in [6.45, 7) is 2.62. The number of aryl methyl sites for hydroxylation is 1. The summed E-state index contributed by atoms with van der Waals surface area (Å²) >= 11 is 0. The van der Waals surface area contributed by atoms with E-state index in [9.17, 15) is 13.2 Å². The Labute approximate surface area is 187 Å². The highest BCUT2D eigenvalue weighted by Gasteiger charge is 2.42. The first-order valence-electron chi connectivity index (χ1n) is 10.4. The minimum absolute atomic E-state index is 0.126. The average Bonchev–Trinajstić information content (AvgIpc) is 3.35. The molecule has 3 N–H and O–H groups in total. The van der Waals surface area contributed by atoms with Gasteiger partial charge in [-0.3, -0.25) is 5.10 Å². The summed E-state index contributed by atoms with van der Waals surface area (Å²) in [7, 11) is 1.89. The molecule has 172 valence electrons. The predicted molar refractivity (Wildman–Crippen MR) is 114 cm³/mol. The van der Waals surface area contributed by atoms with E-state index >= 15 is 0 Å². The Hall–Kier alpha value is -3.31. The second kappa shape index (κ2) is 7.63. The number of rotatable bonds is 5. The maximum Gasteiger partial charge on any atom is 0.433 e. The van der Waals surface area contributed by atoms with E-state index in [1.165, 1.54) is 0 Å². The second-order valence-electron chi connectivity index (χ2n) is 8.56. The number of halogens is 3. The van der Waals surface area contributed by atoms with Crippen molar-refractivity contribution in [2.45, 2.75) is 31.0 Å². The molecule has 1 aliphatic rings. The molecule has 11 heteroatoms. The Bertz CT molecular complexity index is 1320. The van der Waals surface area contributed by atoms with Crippen LogP contribution in [0.15, 0.2) is 36.7 Å². The van der Waals surface area contributed by atoms with Crippen LogP contribution in [-0.2, 0) is 29.8 Å². The van der Waals surface area contributed by atoms with Crippen LogP contribution < -0.4 is 5.73 Å². The van der Waals surface area contributed by atoms with Crippen molar-refractivity contribution >= 4 is 10.9 Å². The number of aromatic nitrogens is 6. The van der Waals surface area contributed by atoms with Crippen molar-refractivity contribution in [1.82, 2.24) is 29.9 Å². The fourth-order valence-electron chi connectivity index (χ4n) is 4.22. The van der Waals surface area contributed by atoms with Gasteiger partial charge in [0.1, 0.15) is 23.5 Å². The van der Waals surface area contributed by atoms with Crippen LogP contribution >= 0.6 is 0 Å². The van der Waals surface area contributed by atoms with Gasteiger partial charge >= 0.3 is 6.18 Å². The number of alkyl halides is 3. The second-order valence-corrected chi connectivity index (χ2v) is 8.56. The molecule has 1 atom stereocenters. The van der Waals surface area contributed by atoms with E-state index < -0.39 is 17.9 Å². The van der Waals surface area contributed by atoms with Crippen molar-refractivity contribution in [2.75, 3.05) is 13.2 Å². The first kappa shape index (κ1) is 21.5. The lowest BCUT2D eigenvalue weighted by atomic mass is 9.75. The summed E-state index contributed by atoms with van der Waals surface area (Å²) in [6.07, 6.45) is -2.32. The number of hydrogen-bond donors (Lipinski definition) is 2. The Balaban J connectivity index is 1.61. The largest absolute Gasteiger partial charge is 0.433 e. The van der Waals surface area contributed by atoms with E-state index in [-0.39, 0.29) is 11.1 Å². The summed E-state index contributed by atoms with van der Waals surface area (Å²) in [4.78, 5) is 3.75. The van der Waals surface area contributed by atoms with E-state index in [1.54, 1.807) is 13.3 Å². The van der Waals surface area contributed by atoms with E-state index in [0.29, 0.717) is 41.8 Å². The molecule has 0 spiro atoms. The van der Waals surface area contributed by atoms with Gasteiger partial charge in [0.05, 0.1) is 24.4 Å². The van der Waals surface area contributed by atoms with Crippen LogP contribution in [0.2, 0.25) is 0 Å². The van der Waals surface area contributed by atoms with Crippen molar-refractivity contribution in [2.24, 2.45) is 12.8 Å². The SMILES string of the molecule is C[C@@H](N)c1nc(C(F)(F)F)cc2c(-c3cccc(C4(Cc5nncn5C)COC4)c3)n[nH]c12. The Morgan fingerprint density at radius 2 is 2.06 bits per heavy atom. The van der Waals surface area contributed by atoms with Crippen molar-refractivity contribution < 1.29 is 17.9 Å². The highest BCUT2D eigenvalue weighted by molar-refractivity contribution is 5.94. The maximum atomic E-state index is 13.5. The van der Waals surface area contributed by atoms with E-state index in [4.69, 9.17) is 10.5 Å². The number of nitrogens with two attached hydrogens (primary N) is 1. The third-order valence-electron chi connectivity index (χ3n) is 6.11. The van der Waals surface area contributed by atoms with Crippen molar-refractivity contribution in [3.05, 3.63) is 59.4 Å². The van der Waals surface area contributed by atoms with Gasteiger partial charge in [0, 0.05) is 35.9 Å². The zero-order chi connectivity index (χ0) is 23.4. The summed E-state index contributed by atoms with van der Waals surface area (Å²) < 4.78 is 48.0. The molecule has 1 fully saturated rings. The number of fused-ring (bicyclic) bond motifs is 1. The fraction of sp³-hybridized carbons (Fsp3) is 0.364. The molecule has 0 unspecified atom stereocenters. The predicted octanol–water partition coefficient (Wildman–Crippen LogP) is 3.30. The molecule has 8 nitrogen and oxygen atoms in total. The molecule has 0 amide bonds. The van der Waals surface area contributed by atoms with Crippen LogP contribution in [0.5, 0.6) is 0 Å². The number of nitrogens with one attached hydrogen (secondary N) is 1. The fourth-order valence-corrected chi connectivity index (χ4v) is 4.22. The van der Waals surface area contributed by atoms with Gasteiger partial charge in [-0.05, 0) is 24.6 Å². The first-order chi connectivity index (χ1) is 15.7. The number of hydrogen-bond acceptors (Lipinski definition) is 6. The summed E-state index contributed by atoms with van der Waals surface area (Å²) in [6, 6.07) is 7.97.